The Morgan fingerprint density at radius 1 is 1.30 bits per heavy atom. The van der Waals surface area contributed by atoms with Gasteiger partial charge in [-0.3, -0.25) is 9.59 Å². The zero-order valence-electron chi connectivity index (χ0n) is 12.0. The second kappa shape index (κ2) is 5.68. The molecule has 3 nitrogen and oxygen atoms in total. The lowest BCUT2D eigenvalue weighted by atomic mass is 9.99. The molecule has 1 unspecified atom stereocenters. The highest BCUT2D eigenvalue weighted by molar-refractivity contribution is 7.14. The molecule has 3 rings (SSSR count). The molecule has 1 aliphatic carbocycles. The van der Waals surface area contributed by atoms with Crippen LogP contribution in [0.5, 0.6) is 0 Å². The van der Waals surface area contributed by atoms with Crippen molar-refractivity contribution in [1.29, 1.82) is 0 Å². The van der Waals surface area contributed by atoms with Crippen LogP contribution in [0.15, 0.2) is 6.07 Å². The van der Waals surface area contributed by atoms with Gasteiger partial charge in [-0.25, -0.2) is 0 Å². The molecule has 0 saturated carbocycles. The van der Waals surface area contributed by atoms with Gasteiger partial charge >= 0.3 is 0 Å². The van der Waals surface area contributed by atoms with Gasteiger partial charge in [-0.15, -0.1) is 11.3 Å². The number of ketones is 1. The van der Waals surface area contributed by atoms with E-state index in [0.29, 0.717) is 6.42 Å². The van der Waals surface area contributed by atoms with Crippen LogP contribution < -0.4 is 0 Å². The summed E-state index contributed by atoms with van der Waals surface area (Å²) in [5.74, 6) is 0.327. The first-order chi connectivity index (χ1) is 9.65. The zero-order valence-corrected chi connectivity index (χ0v) is 12.8. The van der Waals surface area contributed by atoms with Gasteiger partial charge in [0, 0.05) is 23.9 Å². The standard InChI is InChI=1S/C16H21NO2S/c1-11(18)9-13-6-4-8-17(13)16(19)15-10-12-5-2-3-7-14(12)20-15/h10,13H,2-9H2,1H3. The van der Waals surface area contributed by atoms with Gasteiger partial charge in [-0.1, -0.05) is 0 Å². The van der Waals surface area contributed by atoms with Crippen LogP contribution in [0.25, 0.3) is 0 Å². The number of carbonyl (C=O) groups excluding carboxylic acids is 2. The fourth-order valence-corrected chi connectivity index (χ4v) is 4.59. The van der Waals surface area contributed by atoms with Crippen LogP contribution in [0.1, 0.15) is 59.1 Å². The summed E-state index contributed by atoms with van der Waals surface area (Å²) in [6.07, 6.45) is 7.24. The predicted molar refractivity (Wildman–Crippen MR) is 80.3 cm³/mol. The molecule has 4 heteroatoms. The smallest absolute Gasteiger partial charge is 0.264 e. The molecule has 0 N–H and O–H groups in total. The molecule has 0 spiro atoms. The number of hydrogen-bond donors (Lipinski definition) is 0. The van der Waals surface area contributed by atoms with Crippen molar-refractivity contribution >= 4 is 23.0 Å². The first-order valence-electron chi connectivity index (χ1n) is 7.57. The minimum Gasteiger partial charge on any atom is -0.335 e. The Kier molecular flexibility index (Phi) is 3.92. The second-order valence-electron chi connectivity index (χ2n) is 5.97. The van der Waals surface area contributed by atoms with Crippen LogP contribution in [0.4, 0.5) is 0 Å². The van der Waals surface area contributed by atoms with Gasteiger partial charge in [0.25, 0.3) is 5.91 Å². The van der Waals surface area contributed by atoms with Crippen molar-refractivity contribution in [3.63, 3.8) is 0 Å². The third-order valence-electron chi connectivity index (χ3n) is 4.37. The normalized spacial score (nSPS) is 21.9. The number of carbonyl (C=O) groups is 2. The zero-order chi connectivity index (χ0) is 14.1. The van der Waals surface area contributed by atoms with E-state index < -0.39 is 0 Å². The van der Waals surface area contributed by atoms with E-state index >= 15 is 0 Å². The molecule has 1 saturated heterocycles. The van der Waals surface area contributed by atoms with Gasteiger partial charge in [-0.05, 0) is 57.1 Å². The summed E-state index contributed by atoms with van der Waals surface area (Å²) < 4.78 is 0. The summed E-state index contributed by atoms with van der Waals surface area (Å²) in [4.78, 5) is 28.2. The molecule has 1 atom stereocenters. The summed E-state index contributed by atoms with van der Waals surface area (Å²) in [5, 5.41) is 0. The molecule has 2 aliphatic rings. The lowest BCUT2D eigenvalue weighted by Gasteiger charge is -2.23. The van der Waals surface area contributed by atoms with Crippen LogP contribution in [0.3, 0.4) is 0 Å². The molecule has 1 aromatic heterocycles. The van der Waals surface area contributed by atoms with Crippen LogP contribution in [0.2, 0.25) is 0 Å². The molecule has 108 valence electrons. The topological polar surface area (TPSA) is 37.4 Å². The highest BCUT2D eigenvalue weighted by Crippen LogP contribution is 2.32. The highest BCUT2D eigenvalue weighted by atomic mass is 32.1. The third kappa shape index (κ3) is 2.66. The second-order valence-corrected chi connectivity index (χ2v) is 7.10. The van der Waals surface area contributed by atoms with E-state index in [-0.39, 0.29) is 17.7 Å². The third-order valence-corrected chi connectivity index (χ3v) is 5.59. The maximum absolute atomic E-state index is 12.7. The Morgan fingerprint density at radius 3 is 2.85 bits per heavy atom. The molecule has 1 amide bonds. The van der Waals surface area contributed by atoms with Crippen molar-refractivity contribution in [2.24, 2.45) is 0 Å². The number of amides is 1. The Bertz CT molecular complexity index is 511. The first kappa shape index (κ1) is 13.8. The molecule has 1 fully saturated rings. The molecule has 20 heavy (non-hydrogen) atoms. The number of aryl methyl sites for hydroxylation is 2. The van der Waals surface area contributed by atoms with E-state index in [0.717, 1.165) is 37.1 Å². The lowest BCUT2D eigenvalue weighted by Crippen LogP contribution is -2.36. The molecule has 1 aromatic rings. The van der Waals surface area contributed by atoms with Crippen molar-refractivity contribution < 1.29 is 9.59 Å². The van der Waals surface area contributed by atoms with Crippen molar-refractivity contribution in [2.45, 2.75) is 57.9 Å². The molecule has 0 radical (unpaired) electrons. The molecular weight excluding hydrogens is 270 g/mol. The highest BCUT2D eigenvalue weighted by Gasteiger charge is 2.31. The summed E-state index contributed by atoms with van der Waals surface area (Å²) in [7, 11) is 0. The van der Waals surface area contributed by atoms with Crippen molar-refractivity contribution in [1.82, 2.24) is 4.90 Å². The van der Waals surface area contributed by atoms with E-state index in [4.69, 9.17) is 0 Å². The number of thiophene rings is 1. The van der Waals surface area contributed by atoms with E-state index in [1.54, 1.807) is 18.3 Å². The van der Waals surface area contributed by atoms with Gasteiger partial charge < -0.3 is 4.90 Å². The predicted octanol–water partition coefficient (Wildman–Crippen LogP) is 3.21. The minimum absolute atomic E-state index is 0.124. The molecule has 1 aliphatic heterocycles. The largest absolute Gasteiger partial charge is 0.335 e. The van der Waals surface area contributed by atoms with Crippen LogP contribution >= 0.6 is 11.3 Å². The summed E-state index contributed by atoms with van der Waals surface area (Å²) in [6.45, 7) is 2.42. The van der Waals surface area contributed by atoms with Gasteiger partial charge in [-0.2, -0.15) is 0 Å². The maximum atomic E-state index is 12.7. The van der Waals surface area contributed by atoms with E-state index in [9.17, 15) is 9.59 Å². The average Bonchev–Trinajstić information content (AvgIpc) is 3.03. The molecule has 0 aromatic carbocycles. The van der Waals surface area contributed by atoms with Gasteiger partial charge in [0.2, 0.25) is 0 Å². The van der Waals surface area contributed by atoms with Crippen molar-refractivity contribution in [3.8, 4) is 0 Å². The first-order valence-corrected chi connectivity index (χ1v) is 8.39. The van der Waals surface area contributed by atoms with Crippen molar-refractivity contribution in [3.05, 3.63) is 21.4 Å². The SMILES string of the molecule is CC(=O)CC1CCCN1C(=O)c1cc2c(s1)CCCC2. The van der Waals surface area contributed by atoms with Crippen LogP contribution in [-0.2, 0) is 17.6 Å². The van der Waals surface area contributed by atoms with Gasteiger partial charge in [0.15, 0.2) is 0 Å². The van der Waals surface area contributed by atoms with E-state index in [1.165, 1.54) is 23.3 Å². The summed E-state index contributed by atoms with van der Waals surface area (Å²) in [6, 6.07) is 2.23. The molecule has 2 heterocycles. The fourth-order valence-electron chi connectivity index (χ4n) is 3.38. The van der Waals surface area contributed by atoms with Crippen molar-refractivity contribution in [2.75, 3.05) is 6.54 Å². The minimum atomic E-state index is 0.124. The quantitative estimate of drug-likeness (QED) is 0.857. The van der Waals surface area contributed by atoms with Crippen LogP contribution in [0, 0.1) is 0 Å². The Morgan fingerprint density at radius 2 is 2.10 bits per heavy atom. The number of fused-ring (bicyclic) bond motifs is 1. The van der Waals surface area contributed by atoms with Gasteiger partial charge in [0.1, 0.15) is 5.78 Å². The number of nitrogens with zero attached hydrogens (tertiary/aromatic N) is 1. The summed E-state index contributed by atoms with van der Waals surface area (Å²) in [5.41, 5.74) is 1.38. The van der Waals surface area contributed by atoms with Gasteiger partial charge in [0.05, 0.1) is 4.88 Å². The number of Topliss-reactive ketones (excluding diaryl/α,β-unsaturated/α-hetero) is 1. The van der Waals surface area contributed by atoms with E-state index in [2.05, 4.69) is 6.07 Å². The number of likely N-dealkylation sites (tertiary alicyclic amines) is 1. The summed E-state index contributed by atoms with van der Waals surface area (Å²) >= 11 is 1.68. The lowest BCUT2D eigenvalue weighted by molar-refractivity contribution is -0.117. The molecular formula is C16H21NO2S. The fraction of sp³-hybridized carbons (Fsp3) is 0.625. The Hall–Kier alpha value is -1.16. The van der Waals surface area contributed by atoms with Crippen LogP contribution in [-0.4, -0.2) is 29.2 Å². The molecule has 0 bridgehead atoms. The number of rotatable bonds is 3. The monoisotopic (exact) mass is 291 g/mol. The Labute approximate surface area is 124 Å². The average molecular weight is 291 g/mol. The maximum Gasteiger partial charge on any atom is 0.264 e. The van der Waals surface area contributed by atoms with E-state index in [1.807, 2.05) is 4.90 Å². The Balaban J connectivity index is 1.77. The number of hydrogen-bond acceptors (Lipinski definition) is 3.